The van der Waals surface area contributed by atoms with E-state index < -0.39 is 0 Å². The van der Waals surface area contributed by atoms with Crippen LogP contribution in [0.5, 0.6) is 5.75 Å². The number of carbonyl (C=O) groups excluding carboxylic acids is 1. The molecule has 16 heavy (non-hydrogen) atoms. The third kappa shape index (κ3) is 3.22. The Morgan fingerprint density at radius 3 is 2.75 bits per heavy atom. The molecule has 0 aliphatic rings. The van der Waals surface area contributed by atoms with E-state index in [0.29, 0.717) is 12.5 Å². The second-order valence-electron chi connectivity index (χ2n) is 3.79. The fourth-order valence-electron chi connectivity index (χ4n) is 1.49. The molecule has 0 radical (unpaired) electrons. The zero-order chi connectivity index (χ0) is 12.0. The minimum Gasteiger partial charge on any atom is -0.505 e. The SMILES string of the molecule is CCC(CC)CNC(=O)c1ccncc1O. The van der Waals surface area contributed by atoms with Gasteiger partial charge in [-0.25, -0.2) is 0 Å². The second kappa shape index (κ2) is 6.10. The molecule has 0 bridgehead atoms. The van der Waals surface area contributed by atoms with Gasteiger partial charge < -0.3 is 10.4 Å². The van der Waals surface area contributed by atoms with Gasteiger partial charge in [-0.15, -0.1) is 0 Å². The number of aromatic hydroxyl groups is 1. The number of amides is 1. The number of carbonyl (C=O) groups is 1. The summed E-state index contributed by atoms with van der Waals surface area (Å²) in [6.07, 6.45) is 4.84. The summed E-state index contributed by atoms with van der Waals surface area (Å²) in [5.74, 6) is 0.171. The highest BCUT2D eigenvalue weighted by Gasteiger charge is 2.11. The molecule has 0 aliphatic carbocycles. The van der Waals surface area contributed by atoms with Gasteiger partial charge in [0.25, 0.3) is 5.91 Å². The van der Waals surface area contributed by atoms with Crippen LogP contribution < -0.4 is 5.32 Å². The molecule has 0 aromatic carbocycles. The van der Waals surface area contributed by atoms with E-state index in [1.165, 1.54) is 18.5 Å². The molecule has 0 unspecified atom stereocenters. The van der Waals surface area contributed by atoms with Crippen molar-refractivity contribution in [3.8, 4) is 5.75 Å². The number of pyridine rings is 1. The van der Waals surface area contributed by atoms with Crippen molar-refractivity contribution in [2.75, 3.05) is 6.54 Å². The molecule has 0 aliphatic heterocycles. The first-order valence-corrected chi connectivity index (χ1v) is 5.60. The highest BCUT2D eigenvalue weighted by atomic mass is 16.3. The number of aromatic nitrogens is 1. The summed E-state index contributed by atoms with van der Waals surface area (Å²) in [5.41, 5.74) is 0.279. The first-order chi connectivity index (χ1) is 7.69. The second-order valence-corrected chi connectivity index (χ2v) is 3.79. The summed E-state index contributed by atoms with van der Waals surface area (Å²) >= 11 is 0. The van der Waals surface area contributed by atoms with Gasteiger partial charge in [-0.2, -0.15) is 0 Å². The highest BCUT2D eigenvalue weighted by Crippen LogP contribution is 2.14. The van der Waals surface area contributed by atoms with Gasteiger partial charge in [0.2, 0.25) is 0 Å². The summed E-state index contributed by atoms with van der Waals surface area (Å²) in [7, 11) is 0. The molecule has 0 saturated heterocycles. The van der Waals surface area contributed by atoms with Crippen LogP contribution in [0.4, 0.5) is 0 Å². The molecular formula is C12H18N2O2. The number of nitrogens with zero attached hydrogens (tertiary/aromatic N) is 1. The fourth-order valence-corrected chi connectivity index (χ4v) is 1.49. The Hall–Kier alpha value is -1.58. The Balaban J connectivity index is 2.56. The average Bonchev–Trinajstić information content (AvgIpc) is 2.30. The monoisotopic (exact) mass is 222 g/mol. The lowest BCUT2D eigenvalue weighted by Gasteiger charge is -2.13. The lowest BCUT2D eigenvalue weighted by atomic mass is 10.0. The van der Waals surface area contributed by atoms with Crippen LogP contribution in [0.25, 0.3) is 0 Å². The predicted octanol–water partition coefficient (Wildman–Crippen LogP) is 1.95. The van der Waals surface area contributed by atoms with Crippen molar-refractivity contribution >= 4 is 5.91 Å². The van der Waals surface area contributed by atoms with Gasteiger partial charge in [0, 0.05) is 12.7 Å². The van der Waals surface area contributed by atoms with Crippen molar-refractivity contribution in [2.45, 2.75) is 26.7 Å². The van der Waals surface area contributed by atoms with Gasteiger partial charge in [0.15, 0.2) is 0 Å². The minimum atomic E-state index is -0.244. The summed E-state index contributed by atoms with van der Waals surface area (Å²) in [6.45, 7) is 4.85. The molecular weight excluding hydrogens is 204 g/mol. The zero-order valence-corrected chi connectivity index (χ0v) is 9.73. The van der Waals surface area contributed by atoms with Crippen molar-refractivity contribution < 1.29 is 9.90 Å². The van der Waals surface area contributed by atoms with E-state index in [0.717, 1.165) is 12.8 Å². The summed E-state index contributed by atoms with van der Waals surface area (Å²) < 4.78 is 0. The quantitative estimate of drug-likeness (QED) is 0.800. The van der Waals surface area contributed by atoms with E-state index in [-0.39, 0.29) is 17.2 Å². The summed E-state index contributed by atoms with van der Waals surface area (Å²) in [4.78, 5) is 15.4. The number of rotatable bonds is 5. The van der Waals surface area contributed by atoms with Crippen molar-refractivity contribution in [1.82, 2.24) is 10.3 Å². The van der Waals surface area contributed by atoms with Gasteiger partial charge in [-0.1, -0.05) is 26.7 Å². The Labute approximate surface area is 95.7 Å². The molecule has 1 amide bonds. The van der Waals surface area contributed by atoms with Crippen LogP contribution >= 0.6 is 0 Å². The van der Waals surface area contributed by atoms with Crippen molar-refractivity contribution in [3.63, 3.8) is 0 Å². The maximum atomic E-state index is 11.7. The van der Waals surface area contributed by atoms with E-state index in [2.05, 4.69) is 24.1 Å². The Bertz CT molecular complexity index is 349. The van der Waals surface area contributed by atoms with Crippen LogP contribution in [-0.2, 0) is 0 Å². The van der Waals surface area contributed by atoms with Crippen molar-refractivity contribution in [3.05, 3.63) is 24.0 Å². The Morgan fingerprint density at radius 2 is 2.19 bits per heavy atom. The number of nitrogens with one attached hydrogen (secondary N) is 1. The van der Waals surface area contributed by atoms with Gasteiger partial charge in [0.05, 0.1) is 11.8 Å². The first kappa shape index (κ1) is 12.5. The minimum absolute atomic E-state index is 0.0791. The molecule has 1 aromatic heterocycles. The normalized spacial score (nSPS) is 10.4. The van der Waals surface area contributed by atoms with Crippen LogP contribution in [0.1, 0.15) is 37.0 Å². The van der Waals surface area contributed by atoms with E-state index in [9.17, 15) is 9.90 Å². The van der Waals surface area contributed by atoms with E-state index in [4.69, 9.17) is 0 Å². The maximum Gasteiger partial charge on any atom is 0.255 e. The zero-order valence-electron chi connectivity index (χ0n) is 9.73. The summed E-state index contributed by atoms with van der Waals surface area (Å²) in [6, 6.07) is 1.51. The smallest absolute Gasteiger partial charge is 0.255 e. The molecule has 0 fully saturated rings. The Morgan fingerprint density at radius 1 is 1.50 bits per heavy atom. The molecule has 0 atom stereocenters. The van der Waals surface area contributed by atoms with Crippen LogP contribution in [0.3, 0.4) is 0 Å². The molecule has 1 aromatic rings. The van der Waals surface area contributed by atoms with Crippen molar-refractivity contribution in [1.29, 1.82) is 0 Å². The topological polar surface area (TPSA) is 62.2 Å². The summed E-state index contributed by atoms with van der Waals surface area (Å²) in [5, 5.41) is 12.3. The van der Waals surface area contributed by atoms with Crippen LogP contribution in [0, 0.1) is 5.92 Å². The van der Waals surface area contributed by atoms with Crippen LogP contribution in [0.15, 0.2) is 18.5 Å². The molecule has 0 saturated carbocycles. The highest BCUT2D eigenvalue weighted by molar-refractivity contribution is 5.96. The molecule has 0 spiro atoms. The average molecular weight is 222 g/mol. The van der Waals surface area contributed by atoms with E-state index >= 15 is 0 Å². The Kier molecular flexibility index (Phi) is 4.76. The third-order valence-corrected chi connectivity index (χ3v) is 2.75. The number of hydrogen-bond donors (Lipinski definition) is 2. The van der Waals surface area contributed by atoms with Gasteiger partial charge in [-0.3, -0.25) is 9.78 Å². The van der Waals surface area contributed by atoms with E-state index in [1.54, 1.807) is 0 Å². The van der Waals surface area contributed by atoms with Gasteiger partial charge in [0.1, 0.15) is 5.75 Å². The van der Waals surface area contributed by atoms with Gasteiger partial charge in [-0.05, 0) is 12.0 Å². The largest absolute Gasteiger partial charge is 0.505 e. The molecule has 1 rings (SSSR count). The maximum absolute atomic E-state index is 11.7. The van der Waals surface area contributed by atoms with E-state index in [1.807, 2.05) is 0 Å². The molecule has 88 valence electrons. The predicted molar refractivity (Wildman–Crippen MR) is 62.3 cm³/mol. The molecule has 2 N–H and O–H groups in total. The van der Waals surface area contributed by atoms with Gasteiger partial charge >= 0.3 is 0 Å². The third-order valence-electron chi connectivity index (χ3n) is 2.75. The fraction of sp³-hybridized carbons (Fsp3) is 0.500. The first-order valence-electron chi connectivity index (χ1n) is 5.60. The molecule has 4 heteroatoms. The van der Waals surface area contributed by atoms with Crippen LogP contribution in [0.2, 0.25) is 0 Å². The lowest BCUT2D eigenvalue weighted by molar-refractivity contribution is 0.0943. The molecule has 1 heterocycles. The molecule has 4 nitrogen and oxygen atoms in total. The number of hydrogen-bond acceptors (Lipinski definition) is 3. The standard InChI is InChI=1S/C12H18N2O2/c1-3-9(4-2)7-14-12(16)10-5-6-13-8-11(10)15/h5-6,8-9,15H,3-4,7H2,1-2H3,(H,14,16). The van der Waals surface area contributed by atoms with Crippen molar-refractivity contribution in [2.24, 2.45) is 5.92 Å². The van der Waals surface area contributed by atoms with Crippen LogP contribution in [-0.4, -0.2) is 22.5 Å². The lowest BCUT2D eigenvalue weighted by Crippen LogP contribution is -2.28.